The number of aromatic nitrogens is 1. The van der Waals surface area contributed by atoms with Crippen molar-refractivity contribution in [1.82, 2.24) is 10.3 Å². The maximum Gasteiger partial charge on any atom is 0.227 e. The highest BCUT2D eigenvalue weighted by Crippen LogP contribution is 2.22. The summed E-state index contributed by atoms with van der Waals surface area (Å²) in [6.07, 6.45) is 1.65. The summed E-state index contributed by atoms with van der Waals surface area (Å²) in [4.78, 5) is 29.1. The van der Waals surface area contributed by atoms with E-state index in [1.807, 2.05) is 56.3 Å². The molecule has 5 nitrogen and oxygen atoms in total. The van der Waals surface area contributed by atoms with Crippen molar-refractivity contribution < 1.29 is 14.0 Å². The molecule has 0 fully saturated rings. The zero-order chi connectivity index (χ0) is 21.5. The van der Waals surface area contributed by atoms with Crippen LogP contribution in [0.2, 0.25) is 0 Å². The Morgan fingerprint density at radius 2 is 1.73 bits per heavy atom. The Labute approximate surface area is 177 Å². The van der Waals surface area contributed by atoms with Gasteiger partial charge in [0.15, 0.2) is 0 Å². The molecule has 0 saturated carbocycles. The van der Waals surface area contributed by atoms with E-state index < -0.39 is 0 Å². The number of Topliss-reactive ketones (excluding diaryl/α,β-unsaturated/α-hetero) is 1. The maximum absolute atomic E-state index is 12.4. The van der Waals surface area contributed by atoms with Crippen molar-refractivity contribution in [2.45, 2.75) is 52.5 Å². The Balaban J connectivity index is 1.49. The third-order valence-electron chi connectivity index (χ3n) is 5.03. The van der Waals surface area contributed by atoms with Crippen LogP contribution in [0.3, 0.4) is 0 Å². The van der Waals surface area contributed by atoms with Crippen LogP contribution in [-0.4, -0.2) is 22.7 Å². The minimum absolute atomic E-state index is 0.00688. The van der Waals surface area contributed by atoms with Crippen LogP contribution in [0.5, 0.6) is 0 Å². The third kappa shape index (κ3) is 6.14. The smallest absolute Gasteiger partial charge is 0.227 e. The number of carbonyl (C=O) groups is 2. The number of benzene rings is 2. The van der Waals surface area contributed by atoms with E-state index in [0.29, 0.717) is 17.3 Å². The van der Waals surface area contributed by atoms with E-state index in [9.17, 15) is 9.59 Å². The van der Waals surface area contributed by atoms with E-state index in [0.717, 1.165) is 24.0 Å². The van der Waals surface area contributed by atoms with Gasteiger partial charge in [-0.1, -0.05) is 48.0 Å². The van der Waals surface area contributed by atoms with E-state index in [1.165, 1.54) is 5.56 Å². The number of nitrogens with one attached hydrogen (secondary N) is 1. The number of rotatable bonds is 9. The maximum atomic E-state index is 12.4. The second-order valence-corrected chi connectivity index (χ2v) is 7.77. The van der Waals surface area contributed by atoms with Gasteiger partial charge in [-0.05, 0) is 51.3 Å². The SMILES string of the molecule is Cc1ccc(-c2nc(CC(=O)CC(=O)NC(C)CCc3ccccc3)c(C)o2)cc1. The molecule has 1 amide bonds. The molecule has 0 aliphatic heterocycles. The standard InChI is InChI=1S/C25H28N2O3/c1-17-9-13-21(14-10-17)25-27-23(19(3)30-25)15-22(28)16-24(29)26-18(2)11-12-20-7-5-4-6-8-20/h4-10,13-14,18H,11-12,15-16H2,1-3H3,(H,26,29). The second-order valence-electron chi connectivity index (χ2n) is 7.77. The van der Waals surface area contributed by atoms with Gasteiger partial charge in [-0.3, -0.25) is 9.59 Å². The molecule has 0 spiro atoms. The lowest BCUT2D eigenvalue weighted by Gasteiger charge is -2.13. The number of hydrogen-bond acceptors (Lipinski definition) is 4. The number of hydrogen-bond donors (Lipinski definition) is 1. The van der Waals surface area contributed by atoms with Crippen molar-refractivity contribution >= 4 is 11.7 Å². The van der Waals surface area contributed by atoms with Crippen molar-refractivity contribution in [2.24, 2.45) is 0 Å². The molecule has 0 aliphatic carbocycles. The molecule has 2 aromatic carbocycles. The van der Waals surface area contributed by atoms with E-state index in [2.05, 4.69) is 22.4 Å². The number of amides is 1. The van der Waals surface area contributed by atoms with Crippen LogP contribution in [0.15, 0.2) is 59.0 Å². The molecule has 3 rings (SSSR count). The van der Waals surface area contributed by atoms with Crippen LogP contribution in [0.25, 0.3) is 11.5 Å². The molecular formula is C25H28N2O3. The average Bonchev–Trinajstić information content (AvgIpc) is 3.07. The highest BCUT2D eigenvalue weighted by molar-refractivity contribution is 5.98. The zero-order valence-corrected chi connectivity index (χ0v) is 17.8. The molecule has 30 heavy (non-hydrogen) atoms. The Kier molecular flexibility index (Phi) is 7.17. The zero-order valence-electron chi connectivity index (χ0n) is 17.8. The minimum atomic E-state index is -0.250. The number of oxazole rings is 1. The monoisotopic (exact) mass is 404 g/mol. The first-order chi connectivity index (χ1) is 14.4. The summed E-state index contributed by atoms with van der Waals surface area (Å²) >= 11 is 0. The van der Waals surface area contributed by atoms with Gasteiger partial charge < -0.3 is 9.73 Å². The Morgan fingerprint density at radius 1 is 1.03 bits per heavy atom. The highest BCUT2D eigenvalue weighted by atomic mass is 16.4. The lowest BCUT2D eigenvalue weighted by atomic mass is 10.1. The van der Waals surface area contributed by atoms with Crippen LogP contribution >= 0.6 is 0 Å². The van der Waals surface area contributed by atoms with E-state index in [-0.39, 0.29) is 30.6 Å². The topological polar surface area (TPSA) is 72.2 Å². The van der Waals surface area contributed by atoms with Crippen molar-refractivity contribution in [2.75, 3.05) is 0 Å². The normalized spacial score (nSPS) is 11.8. The molecule has 3 aromatic rings. The highest BCUT2D eigenvalue weighted by Gasteiger charge is 2.18. The molecule has 0 radical (unpaired) electrons. The number of nitrogens with zero attached hydrogens (tertiary/aromatic N) is 1. The van der Waals surface area contributed by atoms with E-state index >= 15 is 0 Å². The number of carbonyl (C=O) groups excluding carboxylic acids is 2. The second kappa shape index (κ2) is 10.0. The molecule has 1 unspecified atom stereocenters. The molecule has 1 N–H and O–H groups in total. The molecule has 1 heterocycles. The summed E-state index contributed by atoms with van der Waals surface area (Å²) in [5, 5.41) is 2.91. The van der Waals surface area contributed by atoms with Crippen LogP contribution in [0.1, 0.15) is 42.3 Å². The summed E-state index contributed by atoms with van der Waals surface area (Å²) < 4.78 is 5.72. The van der Waals surface area contributed by atoms with Crippen molar-refractivity contribution in [1.29, 1.82) is 0 Å². The fraction of sp³-hybridized carbons (Fsp3) is 0.320. The van der Waals surface area contributed by atoms with Crippen LogP contribution in [-0.2, 0) is 22.4 Å². The lowest BCUT2D eigenvalue weighted by molar-refractivity contribution is -0.128. The van der Waals surface area contributed by atoms with Gasteiger partial charge >= 0.3 is 0 Å². The molecule has 0 aliphatic rings. The first-order valence-electron chi connectivity index (χ1n) is 10.3. The Bertz CT molecular complexity index is 991. The van der Waals surface area contributed by atoms with Crippen molar-refractivity contribution in [3.05, 3.63) is 77.2 Å². The molecule has 5 heteroatoms. The van der Waals surface area contributed by atoms with Gasteiger partial charge in [-0.15, -0.1) is 0 Å². The Hall–Kier alpha value is -3.21. The van der Waals surface area contributed by atoms with Gasteiger partial charge in [0.2, 0.25) is 11.8 Å². The van der Waals surface area contributed by atoms with Crippen molar-refractivity contribution in [3.8, 4) is 11.5 Å². The predicted octanol–water partition coefficient (Wildman–Crippen LogP) is 4.60. The average molecular weight is 405 g/mol. The van der Waals surface area contributed by atoms with Crippen LogP contribution in [0, 0.1) is 13.8 Å². The number of ketones is 1. The fourth-order valence-corrected chi connectivity index (χ4v) is 3.27. The van der Waals surface area contributed by atoms with Gasteiger partial charge in [0.1, 0.15) is 11.5 Å². The molecule has 1 atom stereocenters. The van der Waals surface area contributed by atoms with Gasteiger partial charge in [-0.25, -0.2) is 4.98 Å². The third-order valence-corrected chi connectivity index (χ3v) is 5.03. The summed E-state index contributed by atoms with van der Waals surface area (Å²) in [5.74, 6) is 0.680. The first kappa shape index (κ1) is 21.5. The summed E-state index contributed by atoms with van der Waals surface area (Å²) in [6.45, 7) is 5.77. The fourth-order valence-electron chi connectivity index (χ4n) is 3.27. The number of aryl methyl sites for hydroxylation is 3. The molecule has 0 bridgehead atoms. The summed E-state index contributed by atoms with van der Waals surface area (Å²) in [7, 11) is 0. The van der Waals surface area contributed by atoms with E-state index in [4.69, 9.17) is 4.42 Å². The quantitative estimate of drug-likeness (QED) is 0.529. The Morgan fingerprint density at radius 3 is 2.43 bits per heavy atom. The molecule has 0 saturated heterocycles. The van der Waals surface area contributed by atoms with Gasteiger partial charge in [-0.2, -0.15) is 0 Å². The van der Waals surface area contributed by atoms with Crippen LogP contribution in [0.4, 0.5) is 0 Å². The minimum Gasteiger partial charge on any atom is -0.441 e. The van der Waals surface area contributed by atoms with Gasteiger partial charge in [0, 0.05) is 11.6 Å². The van der Waals surface area contributed by atoms with E-state index in [1.54, 1.807) is 6.92 Å². The van der Waals surface area contributed by atoms with Crippen LogP contribution < -0.4 is 5.32 Å². The summed E-state index contributed by atoms with van der Waals surface area (Å²) in [5.41, 5.74) is 3.84. The van der Waals surface area contributed by atoms with Gasteiger partial charge in [0.05, 0.1) is 18.5 Å². The van der Waals surface area contributed by atoms with Crippen molar-refractivity contribution in [3.63, 3.8) is 0 Å². The lowest BCUT2D eigenvalue weighted by Crippen LogP contribution is -2.34. The summed E-state index contributed by atoms with van der Waals surface area (Å²) in [6, 6.07) is 18.0. The first-order valence-corrected chi connectivity index (χ1v) is 10.3. The predicted molar refractivity (Wildman–Crippen MR) is 117 cm³/mol. The molecular weight excluding hydrogens is 376 g/mol. The van der Waals surface area contributed by atoms with Gasteiger partial charge in [0.25, 0.3) is 0 Å². The molecule has 1 aromatic heterocycles. The molecule has 156 valence electrons. The largest absolute Gasteiger partial charge is 0.441 e.